The summed E-state index contributed by atoms with van der Waals surface area (Å²) >= 11 is 0. The average Bonchev–Trinajstić information content (AvgIpc) is 2.48. The van der Waals surface area contributed by atoms with Crippen LogP contribution in [0.15, 0.2) is 42.5 Å². The van der Waals surface area contributed by atoms with Gasteiger partial charge in [0.1, 0.15) is 0 Å². The summed E-state index contributed by atoms with van der Waals surface area (Å²) in [5.41, 5.74) is 6.15. The van der Waals surface area contributed by atoms with E-state index in [9.17, 15) is 5.26 Å². The molecule has 2 aromatic rings. The molecule has 2 rings (SSSR count). The first-order valence-electron chi connectivity index (χ1n) is 7.57. The minimum absolute atomic E-state index is 0.0743. The highest BCUT2D eigenvalue weighted by Crippen LogP contribution is 2.25. The summed E-state index contributed by atoms with van der Waals surface area (Å²) in [7, 11) is 0. The molecular formula is C20H23N. The van der Waals surface area contributed by atoms with Crippen molar-refractivity contribution in [3.05, 3.63) is 70.3 Å². The zero-order valence-electron chi connectivity index (χ0n) is 13.4. The van der Waals surface area contributed by atoms with Crippen molar-refractivity contribution in [2.24, 2.45) is 0 Å². The van der Waals surface area contributed by atoms with E-state index >= 15 is 0 Å². The number of hydrogen-bond acceptors (Lipinski definition) is 1. The van der Waals surface area contributed by atoms with E-state index in [1.807, 2.05) is 0 Å². The van der Waals surface area contributed by atoms with Crippen molar-refractivity contribution in [2.45, 2.75) is 46.0 Å². The number of nitriles is 1. The molecule has 0 saturated carbocycles. The Balaban J connectivity index is 2.23. The van der Waals surface area contributed by atoms with Gasteiger partial charge >= 0.3 is 0 Å². The van der Waals surface area contributed by atoms with Crippen LogP contribution in [0.4, 0.5) is 0 Å². The summed E-state index contributed by atoms with van der Waals surface area (Å²) in [6, 6.07) is 17.5. The van der Waals surface area contributed by atoms with Crippen LogP contribution in [0.2, 0.25) is 0 Å². The predicted octanol–water partition coefficient (Wildman–Crippen LogP) is 5.28. The smallest absolute Gasteiger partial charge is 0.0755 e. The summed E-state index contributed by atoms with van der Waals surface area (Å²) in [6.07, 6.45) is 0.777. The minimum Gasteiger partial charge on any atom is -0.198 e. The fourth-order valence-electron chi connectivity index (χ4n) is 2.63. The van der Waals surface area contributed by atoms with Crippen molar-refractivity contribution in [1.29, 1.82) is 5.26 Å². The monoisotopic (exact) mass is 277 g/mol. The highest BCUT2D eigenvalue weighted by Gasteiger charge is 2.14. The zero-order valence-corrected chi connectivity index (χ0v) is 13.4. The van der Waals surface area contributed by atoms with Crippen molar-refractivity contribution in [1.82, 2.24) is 0 Å². The summed E-state index contributed by atoms with van der Waals surface area (Å²) in [5.74, 6) is 0.472. The molecule has 1 heteroatoms. The van der Waals surface area contributed by atoms with Gasteiger partial charge in [-0.3, -0.25) is 0 Å². The molecule has 0 N–H and O–H groups in total. The third kappa shape index (κ3) is 3.73. The Morgan fingerprint density at radius 2 is 1.67 bits per heavy atom. The van der Waals surface area contributed by atoms with Crippen molar-refractivity contribution in [2.75, 3.05) is 0 Å². The molecule has 0 amide bonds. The molecule has 0 spiro atoms. The van der Waals surface area contributed by atoms with Crippen molar-refractivity contribution in [3.8, 4) is 6.07 Å². The van der Waals surface area contributed by atoms with Crippen molar-refractivity contribution < 1.29 is 0 Å². The van der Waals surface area contributed by atoms with Crippen molar-refractivity contribution in [3.63, 3.8) is 0 Å². The third-order valence-corrected chi connectivity index (χ3v) is 4.05. The number of rotatable bonds is 4. The topological polar surface area (TPSA) is 23.8 Å². The fourth-order valence-corrected chi connectivity index (χ4v) is 2.63. The van der Waals surface area contributed by atoms with Gasteiger partial charge in [0, 0.05) is 0 Å². The van der Waals surface area contributed by atoms with Crippen molar-refractivity contribution >= 4 is 0 Å². The first-order valence-corrected chi connectivity index (χ1v) is 7.57. The Labute approximate surface area is 128 Å². The molecule has 21 heavy (non-hydrogen) atoms. The van der Waals surface area contributed by atoms with Gasteiger partial charge in [-0.1, -0.05) is 61.9 Å². The Morgan fingerprint density at radius 3 is 2.24 bits per heavy atom. The Morgan fingerprint density at radius 1 is 1.00 bits per heavy atom. The quantitative estimate of drug-likeness (QED) is 0.746. The molecule has 0 aromatic heterocycles. The molecule has 0 aliphatic carbocycles. The summed E-state index contributed by atoms with van der Waals surface area (Å²) < 4.78 is 0. The molecule has 0 heterocycles. The van der Waals surface area contributed by atoms with Crippen LogP contribution in [0.5, 0.6) is 0 Å². The zero-order chi connectivity index (χ0) is 15.4. The van der Waals surface area contributed by atoms with Crippen LogP contribution in [-0.4, -0.2) is 0 Å². The Bertz CT molecular complexity index is 645. The van der Waals surface area contributed by atoms with Gasteiger partial charge in [-0.25, -0.2) is 0 Å². The van der Waals surface area contributed by atoms with Gasteiger partial charge in [0.2, 0.25) is 0 Å². The lowest BCUT2D eigenvalue weighted by atomic mass is 9.88. The number of hydrogen-bond donors (Lipinski definition) is 0. The second kappa shape index (κ2) is 6.59. The standard InChI is InChI=1S/C20H23N/c1-14(2)18-9-7-17(8-10-18)12-19(13-21)20-11-15(3)5-6-16(20)4/h5-11,14,19H,12H2,1-4H3. The van der Waals surface area contributed by atoms with Gasteiger partial charge in [-0.2, -0.15) is 5.26 Å². The van der Waals surface area contributed by atoms with Gasteiger partial charge in [0.05, 0.1) is 12.0 Å². The largest absolute Gasteiger partial charge is 0.198 e. The van der Waals surface area contributed by atoms with Crippen LogP contribution in [0, 0.1) is 25.2 Å². The van der Waals surface area contributed by atoms with E-state index in [-0.39, 0.29) is 5.92 Å². The lowest BCUT2D eigenvalue weighted by molar-refractivity contribution is 0.832. The van der Waals surface area contributed by atoms with Gasteiger partial charge in [-0.15, -0.1) is 0 Å². The summed E-state index contributed by atoms with van der Waals surface area (Å²) in [4.78, 5) is 0. The second-order valence-electron chi connectivity index (χ2n) is 6.14. The molecule has 2 aromatic carbocycles. The van der Waals surface area contributed by atoms with E-state index in [2.05, 4.69) is 76.2 Å². The molecule has 0 aliphatic rings. The maximum Gasteiger partial charge on any atom is 0.0755 e. The van der Waals surface area contributed by atoms with Gasteiger partial charge in [0.15, 0.2) is 0 Å². The fraction of sp³-hybridized carbons (Fsp3) is 0.350. The molecular weight excluding hydrogens is 254 g/mol. The lowest BCUT2D eigenvalue weighted by Crippen LogP contribution is -2.03. The summed E-state index contributed by atoms with van der Waals surface area (Å²) in [6.45, 7) is 8.56. The molecule has 0 saturated heterocycles. The van der Waals surface area contributed by atoms with Crippen LogP contribution in [-0.2, 0) is 6.42 Å². The van der Waals surface area contributed by atoms with E-state index in [4.69, 9.17) is 0 Å². The minimum atomic E-state index is -0.0743. The number of nitrogens with zero attached hydrogens (tertiary/aromatic N) is 1. The van der Waals surface area contributed by atoms with E-state index in [0.29, 0.717) is 5.92 Å². The Kier molecular flexibility index (Phi) is 4.81. The van der Waals surface area contributed by atoms with E-state index < -0.39 is 0 Å². The molecule has 0 radical (unpaired) electrons. The molecule has 1 atom stereocenters. The highest BCUT2D eigenvalue weighted by molar-refractivity contribution is 5.38. The SMILES string of the molecule is Cc1ccc(C)c(C(C#N)Cc2ccc(C(C)C)cc2)c1. The Hall–Kier alpha value is -2.07. The van der Waals surface area contributed by atoms with Crippen LogP contribution in [0.3, 0.4) is 0 Å². The molecule has 108 valence electrons. The molecule has 0 aliphatic heterocycles. The van der Waals surface area contributed by atoms with E-state index in [1.54, 1.807) is 0 Å². The summed E-state index contributed by atoms with van der Waals surface area (Å²) in [5, 5.41) is 9.55. The van der Waals surface area contributed by atoms with Crippen LogP contribution >= 0.6 is 0 Å². The maximum atomic E-state index is 9.55. The molecule has 0 fully saturated rings. The van der Waals surface area contributed by atoms with Crippen LogP contribution in [0.25, 0.3) is 0 Å². The normalized spacial score (nSPS) is 12.2. The third-order valence-electron chi connectivity index (χ3n) is 4.05. The van der Waals surface area contributed by atoms with Gasteiger partial charge in [-0.05, 0) is 48.4 Å². The van der Waals surface area contributed by atoms with E-state index in [1.165, 1.54) is 22.3 Å². The van der Waals surface area contributed by atoms with Crippen LogP contribution < -0.4 is 0 Å². The molecule has 0 bridgehead atoms. The van der Waals surface area contributed by atoms with Gasteiger partial charge < -0.3 is 0 Å². The first kappa shape index (κ1) is 15.3. The van der Waals surface area contributed by atoms with Crippen LogP contribution in [0.1, 0.15) is 53.5 Å². The average molecular weight is 277 g/mol. The molecule has 1 nitrogen and oxygen atoms in total. The van der Waals surface area contributed by atoms with E-state index in [0.717, 1.165) is 12.0 Å². The molecule has 1 unspecified atom stereocenters. The lowest BCUT2D eigenvalue weighted by Gasteiger charge is -2.14. The number of aryl methyl sites for hydroxylation is 2. The van der Waals surface area contributed by atoms with Gasteiger partial charge in [0.25, 0.3) is 0 Å². The highest BCUT2D eigenvalue weighted by atomic mass is 14.3. The first-order chi connectivity index (χ1) is 10.0. The second-order valence-corrected chi connectivity index (χ2v) is 6.14. The predicted molar refractivity (Wildman–Crippen MR) is 88.5 cm³/mol. The number of benzene rings is 2. The maximum absolute atomic E-state index is 9.55.